The van der Waals surface area contributed by atoms with Gasteiger partial charge in [-0.15, -0.1) is 0 Å². The van der Waals surface area contributed by atoms with Gasteiger partial charge in [-0.1, -0.05) is 36.4 Å². The number of nitrogens with zero attached hydrogens (tertiary/aromatic N) is 1. The largest absolute Gasteiger partial charge is 0.489 e. The second-order valence-electron chi connectivity index (χ2n) is 6.25. The summed E-state index contributed by atoms with van der Waals surface area (Å²) in [6, 6.07) is 17.5. The molecule has 0 N–H and O–H groups in total. The Labute approximate surface area is 143 Å². The van der Waals surface area contributed by atoms with Crippen LogP contribution in [-0.2, 0) is 11.3 Å². The summed E-state index contributed by atoms with van der Waals surface area (Å²) in [4.78, 5) is 14.7. The van der Waals surface area contributed by atoms with Crippen LogP contribution in [0, 0.1) is 0 Å². The van der Waals surface area contributed by atoms with Crippen molar-refractivity contribution in [2.45, 2.75) is 32.6 Å². The zero-order valence-electron chi connectivity index (χ0n) is 14.1. The van der Waals surface area contributed by atoms with E-state index in [9.17, 15) is 4.79 Å². The fourth-order valence-electron chi connectivity index (χ4n) is 2.81. The van der Waals surface area contributed by atoms with Crippen LogP contribution in [0.3, 0.4) is 0 Å². The molecule has 2 unspecified atom stereocenters. The number of carbonyl (C=O) groups is 1. The van der Waals surface area contributed by atoms with Crippen molar-refractivity contribution in [3.63, 3.8) is 0 Å². The van der Waals surface area contributed by atoms with Crippen molar-refractivity contribution in [2.24, 2.45) is 0 Å². The third-order valence-corrected chi connectivity index (χ3v) is 4.20. The van der Waals surface area contributed by atoms with Crippen LogP contribution in [0.5, 0.6) is 5.75 Å². The highest BCUT2D eigenvalue weighted by Crippen LogP contribution is 2.20. The van der Waals surface area contributed by atoms with E-state index in [-0.39, 0.29) is 18.1 Å². The molecule has 4 heteroatoms. The second-order valence-corrected chi connectivity index (χ2v) is 6.25. The zero-order valence-corrected chi connectivity index (χ0v) is 14.1. The van der Waals surface area contributed by atoms with Gasteiger partial charge in [-0.3, -0.25) is 4.79 Å². The van der Waals surface area contributed by atoms with Gasteiger partial charge >= 0.3 is 0 Å². The van der Waals surface area contributed by atoms with Gasteiger partial charge < -0.3 is 14.4 Å². The van der Waals surface area contributed by atoms with Crippen molar-refractivity contribution < 1.29 is 14.3 Å². The monoisotopic (exact) mass is 325 g/mol. The highest BCUT2D eigenvalue weighted by molar-refractivity contribution is 5.94. The second kappa shape index (κ2) is 7.49. The molecule has 0 spiro atoms. The summed E-state index contributed by atoms with van der Waals surface area (Å²) in [5.74, 6) is 0.737. The van der Waals surface area contributed by atoms with Gasteiger partial charge in [0.2, 0.25) is 0 Å². The van der Waals surface area contributed by atoms with Gasteiger partial charge in [0.05, 0.1) is 18.8 Å². The molecule has 0 radical (unpaired) electrons. The Balaban J connectivity index is 1.69. The van der Waals surface area contributed by atoms with Crippen LogP contribution in [0.1, 0.15) is 29.8 Å². The smallest absolute Gasteiger partial charge is 0.254 e. The van der Waals surface area contributed by atoms with Crippen LogP contribution < -0.4 is 4.74 Å². The maximum absolute atomic E-state index is 12.8. The maximum atomic E-state index is 12.8. The quantitative estimate of drug-likeness (QED) is 0.863. The Hall–Kier alpha value is -2.33. The number of hydrogen-bond donors (Lipinski definition) is 0. The van der Waals surface area contributed by atoms with Crippen LogP contribution >= 0.6 is 0 Å². The summed E-state index contributed by atoms with van der Waals surface area (Å²) in [6.45, 7) is 5.70. The van der Waals surface area contributed by atoms with Gasteiger partial charge in [0.1, 0.15) is 12.4 Å². The molecule has 1 heterocycles. The minimum atomic E-state index is 0.0304. The summed E-state index contributed by atoms with van der Waals surface area (Å²) < 4.78 is 11.4. The van der Waals surface area contributed by atoms with Crippen molar-refractivity contribution in [2.75, 3.05) is 13.2 Å². The average molecular weight is 325 g/mol. The average Bonchev–Trinajstić information content (AvgIpc) is 2.62. The van der Waals surface area contributed by atoms with Crippen LogP contribution in [0.15, 0.2) is 54.6 Å². The molecule has 2 atom stereocenters. The summed E-state index contributed by atoms with van der Waals surface area (Å²) >= 11 is 0. The lowest BCUT2D eigenvalue weighted by molar-refractivity contribution is -0.0387. The molecule has 3 rings (SSSR count). The molecule has 1 aliphatic heterocycles. The molecule has 1 fully saturated rings. The van der Waals surface area contributed by atoms with Gasteiger partial charge in [-0.05, 0) is 37.6 Å². The Morgan fingerprint density at radius 1 is 1.17 bits per heavy atom. The maximum Gasteiger partial charge on any atom is 0.254 e. The van der Waals surface area contributed by atoms with Gasteiger partial charge in [0.25, 0.3) is 5.91 Å². The fraction of sp³-hybridized carbons (Fsp3) is 0.350. The van der Waals surface area contributed by atoms with Crippen LogP contribution in [-0.4, -0.2) is 36.1 Å². The predicted molar refractivity (Wildman–Crippen MR) is 93.1 cm³/mol. The van der Waals surface area contributed by atoms with Crippen molar-refractivity contribution in [1.82, 2.24) is 4.90 Å². The highest BCUT2D eigenvalue weighted by atomic mass is 16.5. The Morgan fingerprint density at radius 3 is 2.75 bits per heavy atom. The van der Waals surface area contributed by atoms with E-state index in [0.717, 1.165) is 5.56 Å². The summed E-state index contributed by atoms with van der Waals surface area (Å²) in [6.07, 6.45) is 0.0719. The molecule has 126 valence electrons. The van der Waals surface area contributed by atoms with Crippen LogP contribution in [0.4, 0.5) is 0 Å². The van der Waals surface area contributed by atoms with Crippen molar-refractivity contribution >= 4 is 5.91 Å². The Morgan fingerprint density at radius 2 is 1.96 bits per heavy atom. The molecular weight excluding hydrogens is 302 g/mol. The van der Waals surface area contributed by atoms with E-state index in [2.05, 4.69) is 0 Å². The Kier molecular flexibility index (Phi) is 5.16. The number of carbonyl (C=O) groups excluding carboxylic acids is 1. The molecular formula is C20H23NO3. The lowest BCUT2D eigenvalue weighted by atomic mass is 10.1. The van der Waals surface area contributed by atoms with E-state index >= 15 is 0 Å². The van der Waals surface area contributed by atoms with Gasteiger partial charge in [-0.25, -0.2) is 0 Å². The topological polar surface area (TPSA) is 38.8 Å². The summed E-state index contributed by atoms with van der Waals surface area (Å²) in [5, 5.41) is 0. The number of amides is 1. The normalized spacial score (nSPS) is 20.7. The van der Waals surface area contributed by atoms with Crippen molar-refractivity contribution in [3.05, 3.63) is 65.7 Å². The first-order valence-electron chi connectivity index (χ1n) is 8.33. The standard InChI is InChI=1S/C20H23NO3/c1-15-13-23-16(2)12-21(15)20(22)18-9-6-10-19(11-18)24-14-17-7-4-3-5-8-17/h3-11,15-16H,12-14H2,1-2H3. The molecule has 4 nitrogen and oxygen atoms in total. The first kappa shape index (κ1) is 16.5. The first-order chi connectivity index (χ1) is 11.6. The number of ether oxygens (including phenoxy) is 2. The molecule has 1 aliphatic rings. The van der Waals surface area contributed by atoms with E-state index in [4.69, 9.17) is 9.47 Å². The summed E-state index contributed by atoms with van der Waals surface area (Å²) in [5.41, 5.74) is 1.76. The van der Waals surface area contributed by atoms with E-state index in [0.29, 0.717) is 31.1 Å². The zero-order chi connectivity index (χ0) is 16.9. The molecule has 0 aliphatic carbocycles. The number of benzene rings is 2. The highest BCUT2D eigenvalue weighted by Gasteiger charge is 2.28. The third-order valence-electron chi connectivity index (χ3n) is 4.20. The minimum Gasteiger partial charge on any atom is -0.489 e. The lowest BCUT2D eigenvalue weighted by Crippen LogP contribution is -2.50. The third kappa shape index (κ3) is 3.95. The molecule has 1 amide bonds. The minimum absolute atomic E-state index is 0.0304. The fourth-order valence-corrected chi connectivity index (χ4v) is 2.81. The predicted octanol–water partition coefficient (Wildman–Crippen LogP) is 3.52. The van der Waals surface area contributed by atoms with E-state index < -0.39 is 0 Å². The molecule has 0 saturated carbocycles. The molecule has 24 heavy (non-hydrogen) atoms. The molecule has 0 aromatic heterocycles. The summed E-state index contributed by atoms with van der Waals surface area (Å²) in [7, 11) is 0. The molecule has 1 saturated heterocycles. The van der Waals surface area contributed by atoms with Crippen molar-refractivity contribution in [3.8, 4) is 5.75 Å². The van der Waals surface area contributed by atoms with E-state index in [1.165, 1.54) is 0 Å². The number of hydrogen-bond acceptors (Lipinski definition) is 3. The molecule has 2 aromatic rings. The Bertz CT molecular complexity index is 686. The first-order valence-corrected chi connectivity index (χ1v) is 8.33. The number of morpholine rings is 1. The van der Waals surface area contributed by atoms with Gasteiger partial charge in [0.15, 0.2) is 0 Å². The van der Waals surface area contributed by atoms with E-state index in [1.54, 1.807) is 0 Å². The molecule has 0 bridgehead atoms. The van der Waals surface area contributed by atoms with Crippen molar-refractivity contribution in [1.29, 1.82) is 0 Å². The van der Waals surface area contributed by atoms with Gasteiger partial charge in [0, 0.05) is 12.1 Å². The van der Waals surface area contributed by atoms with E-state index in [1.807, 2.05) is 73.3 Å². The van der Waals surface area contributed by atoms with Crippen LogP contribution in [0.2, 0.25) is 0 Å². The number of rotatable bonds is 4. The van der Waals surface area contributed by atoms with Gasteiger partial charge in [-0.2, -0.15) is 0 Å². The van der Waals surface area contributed by atoms with Crippen LogP contribution in [0.25, 0.3) is 0 Å². The lowest BCUT2D eigenvalue weighted by Gasteiger charge is -2.36. The SMILES string of the molecule is CC1CN(C(=O)c2cccc(OCc3ccccc3)c2)C(C)CO1. The molecule has 2 aromatic carbocycles.